The van der Waals surface area contributed by atoms with E-state index in [2.05, 4.69) is 31.9 Å². The van der Waals surface area contributed by atoms with E-state index in [4.69, 9.17) is 5.73 Å². The molecule has 2 aromatic carbocycles. The van der Waals surface area contributed by atoms with Crippen LogP contribution < -0.4 is 26.6 Å². The Balaban J connectivity index is 1.29. The third-order valence-corrected chi connectivity index (χ3v) is 4.83. The second-order valence-corrected chi connectivity index (χ2v) is 6.79. The summed E-state index contributed by atoms with van der Waals surface area (Å²) in [6.07, 6.45) is 1.86. The van der Waals surface area contributed by atoms with Crippen LogP contribution in [0.25, 0.3) is 10.9 Å². The molecule has 0 radical (unpaired) electrons. The fourth-order valence-corrected chi connectivity index (χ4v) is 3.49. The maximum Gasteiger partial charge on any atom is 0.319 e. The van der Waals surface area contributed by atoms with Gasteiger partial charge in [-0.3, -0.25) is 0 Å². The van der Waals surface area contributed by atoms with Crippen LogP contribution in [0.3, 0.4) is 0 Å². The Morgan fingerprint density at radius 1 is 1.11 bits per heavy atom. The number of urea groups is 1. The number of amides is 2. The number of aromatic nitrogens is 1. The summed E-state index contributed by atoms with van der Waals surface area (Å²) in [5.74, 6) is 0.537. The number of pyridine rings is 1. The third-order valence-electron chi connectivity index (χ3n) is 4.83. The molecule has 0 saturated heterocycles. The van der Waals surface area contributed by atoms with Gasteiger partial charge in [0.2, 0.25) is 0 Å². The number of nitrogen functional groups attached to an aromatic ring is 1. The number of hydrogen-bond acceptors (Lipinski definition) is 5. The molecule has 0 fully saturated rings. The SMILES string of the molecule is Nc1nc2ccccc2c2c1NCN2CCCCNC(=O)Nc1ccccc1. The minimum absolute atomic E-state index is 0.177. The number of carbonyl (C=O) groups is 1. The zero-order chi connectivity index (χ0) is 19.3. The van der Waals surface area contributed by atoms with Gasteiger partial charge in [-0.15, -0.1) is 0 Å². The highest BCUT2D eigenvalue weighted by Gasteiger charge is 2.24. The van der Waals surface area contributed by atoms with Gasteiger partial charge in [-0.25, -0.2) is 9.78 Å². The van der Waals surface area contributed by atoms with Crippen LogP contribution >= 0.6 is 0 Å². The van der Waals surface area contributed by atoms with Gasteiger partial charge in [0.05, 0.1) is 17.9 Å². The molecule has 3 aromatic rings. The number of carbonyl (C=O) groups excluding carboxylic acids is 1. The van der Waals surface area contributed by atoms with Gasteiger partial charge >= 0.3 is 6.03 Å². The zero-order valence-electron chi connectivity index (χ0n) is 15.6. The van der Waals surface area contributed by atoms with Crippen LogP contribution in [0.4, 0.5) is 27.7 Å². The zero-order valence-corrected chi connectivity index (χ0v) is 15.6. The van der Waals surface area contributed by atoms with Gasteiger partial charge in [0.15, 0.2) is 0 Å². The number of rotatable bonds is 6. The number of para-hydroxylation sites is 2. The van der Waals surface area contributed by atoms with Crippen LogP contribution in [0.1, 0.15) is 12.8 Å². The highest BCUT2D eigenvalue weighted by Crippen LogP contribution is 2.40. The summed E-state index contributed by atoms with van der Waals surface area (Å²) in [6.45, 7) is 2.23. The number of benzene rings is 2. The lowest BCUT2D eigenvalue weighted by Crippen LogP contribution is -2.30. The minimum Gasteiger partial charge on any atom is -0.382 e. The lowest BCUT2D eigenvalue weighted by atomic mass is 10.1. The van der Waals surface area contributed by atoms with Crippen LogP contribution in [0, 0.1) is 0 Å². The third kappa shape index (κ3) is 3.78. The number of nitrogens with two attached hydrogens (primary N) is 1. The first-order valence-electron chi connectivity index (χ1n) is 9.49. The van der Waals surface area contributed by atoms with Gasteiger partial charge in [-0.05, 0) is 31.0 Å². The van der Waals surface area contributed by atoms with Crippen molar-refractivity contribution in [1.29, 1.82) is 0 Å². The Hall–Kier alpha value is -3.48. The average molecular weight is 376 g/mol. The number of fused-ring (bicyclic) bond motifs is 3. The molecule has 0 unspecified atom stereocenters. The Morgan fingerprint density at radius 3 is 2.75 bits per heavy atom. The molecule has 5 N–H and O–H groups in total. The standard InChI is InChI=1S/C21H24N6O/c22-20-18-19(16-10-4-5-11-17(16)26-20)27(14-24-18)13-7-6-12-23-21(28)25-15-8-2-1-3-9-15/h1-5,8-11,24H,6-7,12-14H2,(H2,22,26)(H2,23,25,28). The fraction of sp³-hybridized carbons (Fsp3) is 0.238. The smallest absolute Gasteiger partial charge is 0.319 e. The van der Waals surface area contributed by atoms with Crippen molar-refractivity contribution < 1.29 is 4.79 Å². The highest BCUT2D eigenvalue weighted by atomic mass is 16.2. The molecule has 0 atom stereocenters. The second-order valence-electron chi connectivity index (χ2n) is 6.79. The first-order valence-corrected chi connectivity index (χ1v) is 9.49. The predicted octanol–water partition coefficient (Wildman–Crippen LogP) is 3.61. The molecule has 2 amide bonds. The fourth-order valence-electron chi connectivity index (χ4n) is 3.49. The van der Waals surface area contributed by atoms with E-state index in [1.165, 1.54) is 0 Å². The normalized spacial score (nSPS) is 12.5. The number of hydrogen-bond donors (Lipinski definition) is 4. The van der Waals surface area contributed by atoms with Gasteiger partial charge < -0.3 is 26.6 Å². The summed E-state index contributed by atoms with van der Waals surface area (Å²) in [5.41, 5.74) is 9.86. The molecule has 1 aliphatic heterocycles. The molecular weight excluding hydrogens is 352 g/mol. The number of unbranched alkanes of at least 4 members (excludes halogenated alkanes) is 1. The minimum atomic E-state index is -0.177. The molecule has 4 rings (SSSR count). The molecule has 0 spiro atoms. The van der Waals surface area contributed by atoms with Crippen molar-refractivity contribution in [1.82, 2.24) is 10.3 Å². The predicted molar refractivity (Wildman–Crippen MR) is 115 cm³/mol. The first kappa shape index (κ1) is 17.9. The number of nitrogens with one attached hydrogen (secondary N) is 3. The molecule has 28 heavy (non-hydrogen) atoms. The summed E-state index contributed by atoms with van der Waals surface area (Å²) in [6, 6.07) is 17.3. The quantitative estimate of drug-likeness (QED) is 0.493. The van der Waals surface area contributed by atoms with Crippen molar-refractivity contribution in [3.05, 3.63) is 54.6 Å². The summed E-state index contributed by atoms with van der Waals surface area (Å²) in [5, 5.41) is 10.2. The summed E-state index contributed by atoms with van der Waals surface area (Å²) in [4.78, 5) is 18.7. The summed E-state index contributed by atoms with van der Waals surface area (Å²) in [7, 11) is 0. The maximum absolute atomic E-state index is 11.9. The Morgan fingerprint density at radius 2 is 1.89 bits per heavy atom. The van der Waals surface area contributed by atoms with E-state index in [0.29, 0.717) is 12.4 Å². The van der Waals surface area contributed by atoms with Crippen molar-refractivity contribution in [2.75, 3.05) is 41.0 Å². The van der Waals surface area contributed by atoms with E-state index in [1.807, 2.05) is 48.5 Å². The van der Waals surface area contributed by atoms with Crippen molar-refractivity contribution in [2.24, 2.45) is 0 Å². The molecule has 0 saturated carbocycles. The van der Waals surface area contributed by atoms with Crippen molar-refractivity contribution in [3.8, 4) is 0 Å². The van der Waals surface area contributed by atoms with Gasteiger partial charge in [-0.2, -0.15) is 0 Å². The van der Waals surface area contributed by atoms with Crippen LogP contribution in [0.5, 0.6) is 0 Å². The molecule has 0 aliphatic carbocycles. The van der Waals surface area contributed by atoms with Crippen LogP contribution in [0.15, 0.2) is 54.6 Å². The van der Waals surface area contributed by atoms with Gasteiger partial charge in [-0.1, -0.05) is 36.4 Å². The van der Waals surface area contributed by atoms with Gasteiger partial charge in [0.25, 0.3) is 0 Å². The number of anilines is 4. The molecule has 7 heteroatoms. The molecule has 144 valence electrons. The summed E-state index contributed by atoms with van der Waals surface area (Å²) >= 11 is 0. The second kappa shape index (κ2) is 8.04. The Labute approximate surface area is 163 Å². The Bertz CT molecular complexity index is 975. The van der Waals surface area contributed by atoms with Crippen LogP contribution in [0.2, 0.25) is 0 Å². The lowest BCUT2D eigenvalue weighted by molar-refractivity contribution is 0.252. The molecule has 0 bridgehead atoms. The number of nitrogens with zero attached hydrogens (tertiary/aromatic N) is 2. The van der Waals surface area contributed by atoms with Crippen LogP contribution in [-0.2, 0) is 0 Å². The average Bonchev–Trinajstić information content (AvgIpc) is 3.13. The molecule has 2 heterocycles. The van der Waals surface area contributed by atoms with Crippen molar-refractivity contribution >= 4 is 39.8 Å². The largest absolute Gasteiger partial charge is 0.382 e. The monoisotopic (exact) mass is 376 g/mol. The van der Waals surface area contributed by atoms with Crippen LogP contribution in [-0.4, -0.2) is 30.8 Å². The van der Waals surface area contributed by atoms with Crippen molar-refractivity contribution in [3.63, 3.8) is 0 Å². The molecular formula is C21H24N6O. The molecule has 1 aromatic heterocycles. The topological polar surface area (TPSA) is 95.3 Å². The molecule has 7 nitrogen and oxygen atoms in total. The van der Waals surface area contributed by atoms with E-state index in [-0.39, 0.29) is 6.03 Å². The van der Waals surface area contributed by atoms with Gasteiger partial charge in [0.1, 0.15) is 11.5 Å². The van der Waals surface area contributed by atoms with E-state index in [9.17, 15) is 4.79 Å². The van der Waals surface area contributed by atoms with E-state index >= 15 is 0 Å². The maximum atomic E-state index is 11.9. The molecule has 1 aliphatic rings. The Kier molecular flexibility index (Phi) is 5.14. The van der Waals surface area contributed by atoms with E-state index in [0.717, 1.165) is 54.0 Å². The summed E-state index contributed by atoms with van der Waals surface area (Å²) < 4.78 is 0. The van der Waals surface area contributed by atoms with Gasteiger partial charge in [0, 0.05) is 24.2 Å². The van der Waals surface area contributed by atoms with Crippen molar-refractivity contribution in [2.45, 2.75) is 12.8 Å². The van der Waals surface area contributed by atoms with E-state index in [1.54, 1.807) is 0 Å². The van der Waals surface area contributed by atoms with E-state index < -0.39 is 0 Å². The highest BCUT2D eigenvalue weighted by molar-refractivity contribution is 6.03. The first-order chi connectivity index (χ1) is 13.7. The lowest BCUT2D eigenvalue weighted by Gasteiger charge is -2.19.